The van der Waals surface area contributed by atoms with Crippen molar-refractivity contribution in [3.8, 4) is 10.4 Å². The molecule has 0 unspecified atom stereocenters. The summed E-state index contributed by atoms with van der Waals surface area (Å²) in [4.78, 5) is 25.1. The van der Waals surface area contributed by atoms with Gasteiger partial charge in [0.25, 0.3) is 5.56 Å². The quantitative estimate of drug-likeness (QED) is 0.542. The molecule has 0 amide bonds. The molecule has 0 fully saturated rings. The summed E-state index contributed by atoms with van der Waals surface area (Å²) in [5.41, 5.74) is 3.75. The topological polar surface area (TPSA) is 49.0 Å². The average molecular weight is 394 g/mol. The summed E-state index contributed by atoms with van der Waals surface area (Å²) >= 11 is 3.20. The predicted octanol–water partition coefficient (Wildman–Crippen LogP) is 4.83. The zero-order valence-corrected chi connectivity index (χ0v) is 16.6. The minimum Gasteiger partial charge on any atom is -0.309 e. The van der Waals surface area contributed by atoms with Crippen LogP contribution in [0.1, 0.15) is 29.9 Å². The SMILES string of the molecule is C[C@H](c1nc2scc(-c3cccs3)c2c(=O)[nH]1)N1CCc2ccccc2C1. The van der Waals surface area contributed by atoms with Crippen molar-refractivity contribution in [2.75, 3.05) is 6.54 Å². The van der Waals surface area contributed by atoms with Crippen molar-refractivity contribution in [2.24, 2.45) is 0 Å². The lowest BCUT2D eigenvalue weighted by molar-refractivity contribution is 0.185. The van der Waals surface area contributed by atoms with Gasteiger partial charge in [-0.05, 0) is 35.9 Å². The monoisotopic (exact) mass is 393 g/mol. The van der Waals surface area contributed by atoms with E-state index in [0.717, 1.165) is 40.6 Å². The molecule has 1 aliphatic rings. The fourth-order valence-corrected chi connectivity index (χ4v) is 5.57. The van der Waals surface area contributed by atoms with Gasteiger partial charge >= 0.3 is 0 Å². The minimum absolute atomic E-state index is 0.0380. The smallest absolute Gasteiger partial charge is 0.260 e. The van der Waals surface area contributed by atoms with Gasteiger partial charge in [-0.25, -0.2) is 4.98 Å². The molecule has 27 heavy (non-hydrogen) atoms. The molecule has 4 aromatic rings. The highest BCUT2D eigenvalue weighted by molar-refractivity contribution is 7.18. The number of H-pyrrole nitrogens is 1. The molecule has 1 aliphatic heterocycles. The molecule has 0 saturated heterocycles. The molecule has 4 nitrogen and oxygen atoms in total. The van der Waals surface area contributed by atoms with E-state index in [2.05, 4.69) is 41.1 Å². The molecular weight excluding hydrogens is 374 g/mol. The summed E-state index contributed by atoms with van der Waals surface area (Å²) in [6.45, 7) is 4.00. The molecule has 6 heteroatoms. The number of aromatic amines is 1. The third-order valence-corrected chi connectivity index (χ3v) is 7.13. The average Bonchev–Trinajstić information content (AvgIpc) is 3.36. The number of benzene rings is 1. The van der Waals surface area contributed by atoms with Crippen LogP contribution >= 0.6 is 22.7 Å². The zero-order chi connectivity index (χ0) is 18.4. The van der Waals surface area contributed by atoms with E-state index in [-0.39, 0.29) is 11.6 Å². The van der Waals surface area contributed by atoms with Crippen LogP contribution in [0, 0.1) is 0 Å². The van der Waals surface area contributed by atoms with Crippen molar-refractivity contribution in [3.63, 3.8) is 0 Å². The van der Waals surface area contributed by atoms with Crippen molar-refractivity contribution in [1.29, 1.82) is 0 Å². The van der Waals surface area contributed by atoms with Crippen LogP contribution < -0.4 is 5.56 Å². The largest absolute Gasteiger partial charge is 0.309 e. The molecule has 0 spiro atoms. The Morgan fingerprint density at radius 3 is 2.81 bits per heavy atom. The van der Waals surface area contributed by atoms with Gasteiger partial charge in [0.2, 0.25) is 0 Å². The maximum atomic E-state index is 12.9. The lowest BCUT2D eigenvalue weighted by atomic mass is 9.99. The van der Waals surface area contributed by atoms with Crippen LogP contribution in [-0.2, 0) is 13.0 Å². The van der Waals surface area contributed by atoms with E-state index in [0.29, 0.717) is 5.39 Å². The number of rotatable bonds is 3. The molecule has 1 aromatic carbocycles. The van der Waals surface area contributed by atoms with Gasteiger partial charge in [0.1, 0.15) is 10.7 Å². The molecule has 1 atom stereocenters. The summed E-state index contributed by atoms with van der Waals surface area (Å²) in [5.74, 6) is 0.756. The Balaban J connectivity index is 1.50. The van der Waals surface area contributed by atoms with Crippen molar-refractivity contribution in [3.05, 3.63) is 74.5 Å². The molecular formula is C21H19N3OS2. The van der Waals surface area contributed by atoms with Gasteiger partial charge in [0.05, 0.1) is 11.4 Å². The lowest BCUT2D eigenvalue weighted by Gasteiger charge is -2.33. The summed E-state index contributed by atoms with van der Waals surface area (Å²) in [7, 11) is 0. The van der Waals surface area contributed by atoms with Crippen molar-refractivity contribution in [2.45, 2.75) is 25.9 Å². The third kappa shape index (κ3) is 2.94. The first-order valence-electron chi connectivity index (χ1n) is 9.07. The first-order chi connectivity index (χ1) is 13.2. The standard InChI is InChI=1S/C21H19N3OS2/c1-13(24-9-8-14-5-2-3-6-15(14)11-24)19-22-20(25)18-16(12-27-21(18)23-19)17-7-4-10-26-17/h2-7,10,12-13H,8-9,11H2,1H3,(H,22,23,25)/t13-/m1/s1. The first-order valence-corrected chi connectivity index (χ1v) is 10.8. The number of aromatic nitrogens is 2. The number of fused-ring (bicyclic) bond motifs is 2. The summed E-state index contributed by atoms with van der Waals surface area (Å²) in [5, 5.41) is 4.79. The van der Waals surface area contributed by atoms with Gasteiger partial charge in [0, 0.05) is 28.9 Å². The Hall–Kier alpha value is -2.28. The fraction of sp³-hybridized carbons (Fsp3) is 0.238. The maximum absolute atomic E-state index is 12.9. The normalized spacial score (nSPS) is 15.7. The van der Waals surface area contributed by atoms with Crippen LogP contribution in [0.25, 0.3) is 20.7 Å². The van der Waals surface area contributed by atoms with E-state index >= 15 is 0 Å². The second kappa shape index (κ2) is 6.71. The summed E-state index contributed by atoms with van der Waals surface area (Å²) in [6.07, 6.45) is 1.04. The van der Waals surface area contributed by atoms with Crippen LogP contribution in [-0.4, -0.2) is 21.4 Å². The number of nitrogens with one attached hydrogen (secondary N) is 1. The van der Waals surface area contributed by atoms with Crippen LogP contribution in [0.15, 0.2) is 52.0 Å². The Morgan fingerprint density at radius 2 is 2.00 bits per heavy atom. The number of thiophene rings is 2. The summed E-state index contributed by atoms with van der Waals surface area (Å²) < 4.78 is 0. The third-order valence-electron chi connectivity index (χ3n) is 5.35. The molecule has 0 aliphatic carbocycles. The highest BCUT2D eigenvalue weighted by Crippen LogP contribution is 2.34. The van der Waals surface area contributed by atoms with Gasteiger partial charge < -0.3 is 4.98 Å². The number of hydrogen-bond donors (Lipinski definition) is 1. The Morgan fingerprint density at radius 1 is 1.15 bits per heavy atom. The molecule has 4 heterocycles. The van der Waals surface area contributed by atoms with E-state index in [1.165, 1.54) is 11.1 Å². The van der Waals surface area contributed by atoms with Crippen molar-refractivity contribution in [1.82, 2.24) is 14.9 Å². The van der Waals surface area contributed by atoms with E-state index in [9.17, 15) is 4.79 Å². The molecule has 5 rings (SSSR count). The second-order valence-corrected chi connectivity index (χ2v) is 8.73. The highest BCUT2D eigenvalue weighted by atomic mass is 32.1. The first kappa shape index (κ1) is 16.9. The maximum Gasteiger partial charge on any atom is 0.260 e. The molecule has 0 saturated carbocycles. The van der Waals surface area contributed by atoms with Crippen LogP contribution in [0.2, 0.25) is 0 Å². The van der Waals surface area contributed by atoms with Gasteiger partial charge in [-0.2, -0.15) is 0 Å². The van der Waals surface area contributed by atoms with Gasteiger partial charge in [0.15, 0.2) is 0 Å². The van der Waals surface area contributed by atoms with Crippen LogP contribution in [0.3, 0.4) is 0 Å². The van der Waals surface area contributed by atoms with E-state index in [1.807, 2.05) is 22.9 Å². The lowest BCUT2D eigenvalue weighted by Crippen LogP contribution is -2.34. The fourth-order valence-electron chi connectivity index (χ4n) is 3.80. The molecule has 1 N–H and O–H groups in total. The second-order valence-electron chi connectivity index (χ2n) is 6.92. The number of hydrogen-bond acceptors (Lipinski definition) is 5. The van der Waals surface area contributed by atoms with Gasteiger partial charge in [-0.1, -0.05) is 30.3 Å². The van der Waals surface area contributed by atoms with Crippen molar-refractivity contribution >= 4 is 32.9 Å². The van der Waals surface area contributed by atoms with Gasteiger partial charge in [-0.3, -0.25) is 9.69 Å². The van der Waals surface area contributed by atoms with E-state index < -0.39 is 0 Å². The van der Waals surface area contributed by atoms with Crippen LogP contribution in [0.5, 0.6) is 0 Å². The summed E-state index contributed by atoms with van der Waals surface area (Å²) in [6, 6.07) is 12.7. The van der Waals surface area contributed by atoms with Gasteiger partial charge in [-0.15, -0.1) is 22.7 Å². The number of nitrogens with zero attached hydrogens (tertiary/aromatic N) is 2. The van der Waals surface area contributed by atoms with E-state index in [4.69, 9.17) is 4.98 Å². The van der Waals surface area contributed by atoms with E-state index in [1.54, 1.807) is 22.7 Å². The molecule has 0 radical (unpaired) electrons. The molecule has 136 valence electrons. The predicted molar refractivity (Wildman–Crippen MR) is 113 cm³/mol. The molecule has 0 bridgehead atoms. The van der Waals surface area contributed by atoms with Crippen LogP contribution in [0.4, 0.5) is 0 Å². The zero-order valence-electron chi connectivity index (χ0n) is 14.9. The molecule has 3 aromatic heterocycles. The Labute approximate surface area is 165 Å². The Bertz CT molecular complexity index is 1160. The van der Waals surface area contributed by atoms with Crippen molar-refractivity contribution < 1.29 is 0 Å². The minimum atomic E-state index is -0.0380. The highest BCUT2D eigenvalue weighted by Gasteiger charge is 2.24. The Kier molecular flexibility index (Phi) is 4.19.